The van der Waals surface area contributed by atoms with E-state index in [9.17, 15) is 0 Å². The summed E-state index contributed by atoms with van der Waals surface area (Å²) in [7, 11) is 0. The monoisotopic (exact) mass is 243 g/mol. The normalized spacial score (nSPS) is 11.9. The minimum absolute atomic E-state index is 0.273. The first-order chi connectivity index (χ1) is 8.74. The summed E-state index contributed by atoms with van der Waals surface area (Å²) < 4.78 is 5.59. The number of hydrogen-bond donors (Lipinski definition) is 1. The Balaban J connectivity index is 2.29. The van der Waals surface area contributed by atoms with Crippen LogP contribution in [0.2, 0.25) is 0 Å². The number of nitrogens with zero attached hydrogens (tertiary/aromatic N) is 3. The lowest BCUT2D eigenvalue weighted by Gasteiger charge is -2.03. The second-order valence-corrected chi connectivity index (χ2v) is 3.97. The van der Waals surface area contributed by atoms with Gasteiger partial charge in [-0.2, -0.15) is 0 Å². The fraction of sp³-hybridized carbons (Fsp3) is 0.231. The van der Waals surface area contributed by atoms with Crippen LogP contribution in [0.5, 0.6) is 0 Å². The number of benzene rings is 1. The number of aliphatic hydroxyl groups is 1. The molecule has 18 heavy (non-hydrogen) atoms. The van der Waals surface area contributed by atoms with Crippen molar-refractivity contribution in [3.8, 4) is 11.3 Å². The molecule has 1 aromatic heterocycles. The molecule has 2 rings (SSSR count). The van der Waals surface area contributed by atoms with Gasteiger partial charge in [-0.05, 0) is 24.6 Å². The summed E-state index contributed by atoms with van der Waals surface area (Å²) in [6.07, 6.45) is 0. The van der Waals surface area contributed by atoms with Gasteiger partial charge in [0.15, 0.2) is 0 Å². The van der Waals surface area contributed by atoms with E-state index in [2.05, 4.69) is 10.0 Å². The fourth-order valence-electron chi connectivity index (χ4n) is 1.65. The fourth-order valence-corrected chi connectivity index (χ4v) is 1.65. The van der Waals surface area contributed by atoms with Gasteiger partial charge < -0.3 is 9.52 Å². The zero-order chi connectivity index (χ0) is 13.0. The lowest BCUT2D eigenvalue weighted by Crippen LogP contribution is -1.97. The van der Waals surface area contributed by atoms with Gasteiger partial charge in [-0.15, -0.1) is 0 Å². The van der Waals surface area contributed by atoms with Crippen molar-refractivity contribution in [2.75, 3.05) is 6.61 Å². The Labute approximate surface area is 104 Å². The Morgan fingerprint density at radius 3 is 2.61 bits per heavy atom. The van der Waals surface area contributed by atoms with Gasteiger partial charge in [0.2, 0.25) is 0 Å². The molecule has 1 atom stereocenters. The third-order valence-corrected chi connectivity index (χ3v) is 2.66. The second kappa shape index (κ2) is 5.40. The van der Waals surface area contributed by atoms with Crippen LogP contribution in [-0.4, -0.2) is 11.7 Å². The van der Waals surface area contributed by atoms with Crippen LogP contribution in [0.25, 0.3) is 21.8 Å². The Kier molecular flexibility index (Phi) is 3.67. The Bertz CT molecular complexity index is 568. The zero-order valence-corrected chi connectivity index (χ0v) is 9.95. The van der Waals surface area contributed by atoms with Crippen molar-refractivity contribution in [1.82, 2.24) is 0 Å². The van der Waals surface area contributed by atoms with Gasteiger partial charge in [0.05, 0.1) is 6.61 Å². The number of azide groups is 1. The molecule has 5 heteroatoms. The zero-order valence-electron chi connectivity index (χ0n) is 9.95. The summed E-state index contributed by atoms with van der Waals surface area (Å²) >= 11 is 0. The third kappa shape index (κ3) is 2.53. The molecule has 0 saturated carbocycles. The molecule has 0 saturated heterocycles. The largest absolute Gasteiger partial charge is 0.461 e. The van der Waals surface area contributed by atoms with E-state index in [0.717, 1.165) is 5.56 Å². The van der Waals surface area contributed by atoms with Crippen LogP contribution in [0.1, 0.15) is 17.4 Å². The Morgan fingerprint density at radius 1 is 1.28 bits per heavy atom. The summed E-state index contributed by atoms with van der Waals surface area (Å²) in [4.78, 5) is 2.68. The molecule has 0 aliphatic heterocycles. The number of hydrogen-bond acceptors (Lipinski definition) is 3. The summed E-state index contributed by atoms with van der Waals surface area (Å²) in [6, 6.07) is 10.7. The second-order valence-electron chi connectivity index (χ2n) is 3.97. The van der Waals surface area contributed by atoms with Crippen molar-refractivity contribution >= 4 is 0 Å². The minimum Gasteiger partial charge on any atom is -0.461 e. The maximum absolute atomic E-state index is 9.10. The molecule has 2 aromatic rings. The molecular weight excluding hydrogens is 230 g/mol. The van der Waals surface area contributed by atoms with Crippen molar-refractivity contribution in [1.29, 1.82) is 0 Å². The minimum atomic E-state index is -0.672. The highest BCUT2D eigenvalue weighted by Gasteiger charge is 2.13. The van der Waals surface area contributed by atoms with Crippen molar-refractivity contribution < 1.29 is 9.52 Å². The predicted molar refractivity (Wildman–Crippen MR) is 67.9 cm³/mol. The van der Waals surface area contributed by atoms with Crippen molar-refractivity contribution in [3.05, 3.63) is 58.2 Å². The highest BCUT2D eigenvalue weighted by atomic mass is 16.3. The third-order valence-electron chi connectivity index (χ3n) is 2.66. The standard InChI is InChI=1S/C13H13N3O2/c1-9-2-4-10(5-3-9)12-6-7-13(18-12)11(8-17)15-16-14/h2-7,11,17H,8H2,1H3. The first-order valence-electron chi connectivity index (χ1n) is 5.56. The van der Waals surface area contributed by atoms with Crippen molar-refractivity contribution in [3.63, 3.8) is 0 Å². The van der Waals surface area contributed by atoms with Crippen LogP contribution in [0.3, 0.4) is 0 Å². The molecule has 0 bridgehead atoms. The summed E-state index contributed by atoms with van der Waals surface area (Å²) in [5, 5.41) is 12.6. The smallest absolute Gasteiger partial charge is 0.134 e. The predicted octanol–water partition coefficient (Wildman–Crippen LogP) is 3.60. The molecule has 0 fully saturated rings. The molecule has 0 spiro atoms. The van der Waals surface area contributed by atoms with Crippen LogP contribution in [0, 0.1) is 6.92 Å². The van der Waals surface area contributed by atoms with E-state index in [-0.39, 0.29) is 6.61 Å². The lowest BCUT2D eigenvalue weighted by molar-refractivity contribution is 0.252. The van der Waals surface area contributed by atoms with E-state index in [0.29, 0.717) is 11.5 Å². The molecule has 1 aromatic carbocycles. The van der Waals surface area contributed by atoms with E-state index < -0.39 is 6.04 Å². The average Bonchev–Trinajstić information content (AvgIpc) is 2.86. The molecule has 0 radical (unpaired) electrons. The molecule has 92 valence electrons. The quantitative estimate of drug-likeness (QED) is 0.505. The molecule has 0 aliphatic rings. The molecule has 1 heterocycles. The van der Waals surface area contributed by atoms with Crippen LogP contribution >= 0.6 is 0 Å². The molecule has 1 N–H and O–H groups in total. The van der Waals surface area contributed by atoms with Crippen molar-refractivity contribution in [2.24, 2.45) is 5.11 Å². The lowest BCUT2D eigenvalue weighted by atomic mass is 10.1. The van der Waals surface area contributed by atoms with Gasteiger partial charge in [0.25, 0.3) is 0 Å². The first-order valence-corrected chi connectivity index (χ1v) is 5.56. The van der Waals surface area contributed by atoms with Gasteiger partial charge in [0.1, 0.15) is 17.6 Å². The maximum atomic E-state index is 9.10. The highest BCUT2D eigenvalue weighted by Crippen LogP contribution is 2.27. The topological polar surface area (TPSA) is 82.1 Å². The van der Waals surface area contributed by atoms with E-state index in [1.54, 1.807) is 12.1 Å². The van der Waals surface area contributed by atoms with Crippen molar-refractivity contribution in [2.45, 2.75) is 13.0 Å². The SMILES string of the molecule is Cc1ccc(-c2ccc(C(CO)N=[N+]=[N-])o2)cc1. The average molecular weight is 243 g/mol. The van der Waals surface area contributed by atoms with E-state index >= 15 is 0 Å². The van der Waals surface area contributed by atoms with Gasteiger partial charge in [-0.1, -0.05) is 34.9 Å². The number of aryl methyl sites for hydroxylation is 1. The van der Waals surface area contributed by atoms with Crippen LogP contribution < -0.4 is 0 Å². The summed E-state index contributed by atoms with van der Waals surface area (Å²) in [5.41, 5.74) is 10.5. The van der Waals surface area contributed by atoms with E-state index in [1.807, 2.05) is 31.2 Å². The summed E-state index contributed by atoms with van der Waals surface area (Å²) in [6.45, 7) is 1.74. The number of rotatable bonds is 4. The highest BCUT2D eigenvalue weighted by molar-refractivity contribution is 5.58. The van der Waals surface area contributed by atoms with Crippen LogP contribution in [-0.2, 0) is 0 Å². The molecule has 0 amide bonds. The van der Waals surface area contributed by atoms with Crippen LogP contribution in [0.15, 0.2) is 45.9 Å². The Hall–Kier alpha value is -2.23. The Morgan fingerprint density at radius 2 is 2.00 bits per heavy atom. The number of furan rings is 1. The molecule has 0 aliphatic carbocycles. The summed E-state index contributed by atoms with van der Waals surface area (Å²) in [5.74, 6) is 1.16. The molecular formula is C13H13N3O2. The maximum Gasteiger partial charge on any atom is 0.134 e. The van der Waals surface area contributed by atoms with Gasteiger partial charge in [-0.25, -0.2) is 0 Å². The van der Waals surface area contributed by atoms with E-state index in [1.165, 1.54) is 5.56 Å². The molecule has 5 nitrogen and oxygen atoms in total. The van der Waals surface area contributed by atoms with Crippen LogP contribution in [0.4, 0.5) is 0 Å². The van der Waals surface area contributed by atoms with Gasteiger partial charge in [-0.3, -0.25) is 0 Å². The molecule has 1 unspecified atom stereocenters. The van der Waals surface area contributed by atoms with Gasteiger partial charge >= 0.3 is 0 Å². The number of aliphatic hydroxyl groups excluding tert-OH is 1. The van der Waals surface area contributed by atoms with E-state index in [4.69, 9.17) is 15.1 Å². The first kappa shape index (κ1) is 12.2. The van der Waals surface area contributed by atoms with Gasteiger partial charge in [0, 0.05) is 10.5 Å².